The van der Waals surface area contributed by atoms with E-state index in [2.05, 4.69) is 20.8 Å². The number of nitrogens with zero attached hydrogens (tertiary/aromatic N) is 4. The topological polar surface area (TPSA) is 74.1 Å². The second-order valence-electron chi connectivity index (χ2n) is 5.13. The van der Waals surface area contributed by atoms with Crippen molar-refractivity contribution in [1.29, 1.82) is 0 Å². The molecule has 0 radical (unpaired) electrons. The molecule has 3 aromatic rings. The van der Waals surface area contributed by atoms with Crippen molar-refractivity contribution in [1.82, 2.24) is 25.5 Å². The molecule has 0 bridgehead atoms. The van der Waals surface area contributed by atoms with Crippen LogP contribution in [0.2, 0.25) is 0 Å². The van der Waals surface area contributed by atoms with Crippen molar-refractivity contribution in [3.63, 3.8) is 0 Å². The predicted octanol–water partition coefficient (Wildman–Crippen LogP) is 2.19. The van der Waals surface area contributed by atoms with Gasteiger partial charge in [-0.05, 0) is 40.3 Å². The second kappa shape index (κ2) is 8.19. The number of rotatable bonds is 8. The number of aromatic nitrogens is 4. The number of benzene rings is 2. The van der Waals surface area contributed by atoms with Crippen molar-refractivity contribution in [3.8, 4) is 17.4 Å². The highest BCUT2D eigenvalue weighted by atomic mass is 16.5. The van der Waals surface area contributed by atoms with Crippen LogP contribution in [-0.4, -0.2) is 40.5 Å². The molecule has 1 aromatic heterocycles. The van der Waals surface area contributed by atoms with Gasteiger partial charge >= 0.3 is 6.01 Å². The molecular formula is C17H19N5O2. The summed E-state index contributed by atoms with van der Waals surface area (Å²) >= 11 is 0. The molecule has 124 valence electrons. The third-order valence-electron chi connectivity index (χ3n) is 3.36. The predicted molar refractivity (Wildman–Crippen MR) is 89.3 cm³/mol. The van der Waals surface area contributed by atoms with Gasteiger partial charge in [-0.25, -0.2) is 0 Å². The molecule has 0 spiro atoms. The summed E-state index contributed by atoms with van der Waals surface area (Å²) < 4.78 is 12.4. The molecule has 0 aliphatic rings. The summed E-state index contributed by atoms with van der Waals surface area (Å²) in [7, 11) is 1.69. The summed E-state index contributed by atoms with van der Waals surface area (Å²) in [4.78, 5) is 0. The molecule has 3 rings (SSSR count). The third kappa shape index (κ3) is 4.15. The van der Waals surface area contributed by atoms with E-state index in [1.807, 2.05) is 54.6 Å². The minimum absolute atomic E-state index is 0.325. The molecule has 7 heteroatoms. The number of tetrazole rings is 1. The first-order valence-electron chi connectivity index (χ1n) is 7.67. The highest BCUT2D eigenvalue weighted by molar-refractivity contribution is 5.34. The zero-order valence-corrected chi connectivity index (χ0v) is 13.4. The number of ether oxygens (including phenoxy) is 2. The lowest BCUT2D eigenvalue weighted by atomic mass is 10.2. The Morgan fingerprint density at radius 2 is 1.96 bits per heavy atom. The molecular weight excluding hydrogens is 306 g/mol. The van der Waals surface area contributed by atoms with Crippen molar-refractivity contribution in [2.24, 2.45) is 0 Å². The fraction of sp³-hybridized carbons (Fsp3) is 0.235. The monoisotopic (exact) mass is 325 g/mol. The smallest absolute Gasteiger partial charge is 0.345 e. The second-order valence-corrected chi connectivity index (χ2v) is 5.13. The van der Waals surface area contributed by atoms with Gasteiger partial charge in [-0.3, -0.25) is 0 Å². The van der Waals surface area contributed by atoms with Crippen LogP contribution in [0.25, 0.3) is 5.69 Å². The molecule has 0 saturated heterocycles. The van der Waals surface area contributed by atoms with Crippen molar-refractivity contribution < 1.29 is 9.47 Å². The summed E-state index contributed by atoms with van der Waals surface area (Å²) in [6.07, 6.45) is 0. The Balaban J connectivity index is 1.70. The molecule has 1 N–H and O–H groups in total. The zero-order chi connectivity index (χ0) is 16.6. The average Bonchev–Trinajstić information content (AvgIpc) is 3.08. The average molecular weight is 325 g/mol. The van der Waals surface area contributed by atoms with Gasteiger partial charge < -0.3 is 14.8 Å². The Kier molecular flexibility index (Phi) is 5.49. The standard InChI is InChI=1S/C17H19N5O2/c1-23-11-10-18-13-14-6-5-9-16(12-14)24-17-19-20-21-22(17)15-7-3-2-4-8-15/h2-9,12,18H,10-11,13H2,1H3. The van der Waals surface area contributed by atoms with Crippen molar-refractivity contribution >= 4 is 0 Å². The van der Waals surface area contributed by atoms with Gasteiger partial charge in [-0.15, -0.1) is 0 Å². The van der Waals surface area contributed by atoms with Crippen LogP contribution < -0.4 is 10.1 Å². The van der Waals surface area contributed by atoms with Gasteiger partial charge in [0, 0.05) is 20.2 Å². The maximum atomic E-state index is 5.85. The Bertz CT molecular complexity index is 760. The minimum atomic E-state index is 0.325. The summed E-state index contributed by atoms with van der Waals surface area (Å²) in [5.41, 5.74) is 1.96. The van der Waals surface area contributed by atoms with Gasteiger partial charge in [0.2, 0.25) is 0 Å². The molecule has 0 aliphatic heterocycles. The summed E-state index contributed by atoms with van der Waals surface area (Å²) in [6.45, 7) is 2.22. The molecule has 0 atom stereocenters. The Hall–Kier alpha value is -2.77. The molecule has 0 amide bonds. The molecule has 7 nitrogen and oxygen atoms in total. The van der Waals surface area contributed by atoms with Crippen LogP contribution in [0.1, 0.15) is 5.56 Å². The largest absolute Gasteiger partial charge is 0.423 e. The highest BCUT2D eigenvalue weighted by Gasteiger charge is 2.10. The van der Waals surface area contributed by atoms with Gasteiger partial charge in [0.05, 0.1) is 12.3 Å². The van der Waals surface area contributed by atoms with Gasteiger partial charge in [-0.2, -0.15) is 4.68 Å². The van der Waals surface area contributed by atoms with E-state index >= 15 is 0 Å². The molecule has 0 aliphatic carbocycles. The van der Waals surface area contributed by atoms with Crippen LogP contribution in [0.5, 0.6) is 11.8 Å². The van der Waals surface area contributed by atoms with E-state index in [1.165, 1.54) is 0 Å². The minimum Gasteiger partial charge on any atom is -0.423 e. The Morgan fingerprint density at radius 3 is 2.79 bits per heavy atom. The summed E-state index contributed by atoms with van der Waals surface area (Å²) in [5.74, 6) is 0.688. The van der Waals surface area contributed by atoms with Crippen molar-refractivity contribution in [2.45, 2.75) is 6.54 Å². The Labute approximate surface area is 140 Å². The van der Waals surface area contributed by atoms with E-state index < -0.39 is 0 Å². The molecule has 0 fully saturated rings. The lowest BCUT2D eigenvalue weighted by Crippen LogP contribution is -2.18. The first-order valence-corrected chi connectivity index (χ1v) is 7.67. The fourth-order valence-corrected chi connectivity index (χ4v) is 2.21. The first-order chi connectivity index (χ1) is 11.9. The SMILES string of the molecule is COCCNCc1cccc(Oc2nnnn2-c2ccccc2)c1. The van der Waals surface area contributed by atoms with Gasteiger partial charge in [-0.1, -0.05) is 35.4 Å². The van der Waals surface area contributed by atoms with E-state index in [1.54, 1.807) is 11.8 Å². The Morgan fingerprint density at radius 1 is 1.08 bits per heavy atom. The van der Waals surface area contributed by atoms with E-state index in [-0.39, 0.29) is 0 Å². The molecule has 0 unspecified atom stereocenters. The maximum Gasteiger partial charge on any atom is 0.345 e. The number of para-hydroxylation sites is 1. The van der Waals surface area contributed by atoms with Crippen molar-refractivity contribution in [3.05, 3.63) is 60.2 Å². The highest BCUT2D eigenvalue weighted by Crippen LogP contribution is 2.21. The lowest BCUT2D eigenvalue weighted by Gasteiger charge is -2.08. The molecule has 24 heavy (non-hydrogen) atoms. The number of hydrogen-bond acceptors (Lipinski definition) is 6. The summed E-state index contributed by atoms with van der Waals surface area (Å²) in [6, 6.07) is 17.8. The lowest BCUT2D eigenvalue weighted by molar-refractivity contribution is 0.199. The number of hydrogen-bond donors (Lipinski definition) is 1. The van der Waals surface area contributed by atoms with Gasteiger partial charge in [0.15, 0.2) is 0 Å². The molecule has 1 heterocycles. The summed E-state index contributed by atoms with van der Waals surface area (Å²) in [5, 5.41) is 14.9. The van der Waals surface area contributed by atoms with Crippen LogP contribution >= 0.6 is 0 Å². The van der Waals surface area contributed by atoms with Crippen molar-refractivity contribution in [2.75, 3.05) is 20.3 Å². The molecule has 2 aromatic carbocycles. The van der Waals surface area contributed by atoms with Crippen LogP contribution in [0.3, 0.4) is 0 Å². The van der Waals surface area contributed by atoms with E-state index in [0.29, 0.717) is 18.4 Å². The number of nitrogens with one attached hydrogen (secondary N) is 1. The zero-order valence-electron chi connectivity index (χ0n) is 13.4. The van der Waals surface area contributed by atoms with E-state index in [0.717, 1.165) is 24.3 Å². The maximum absolute atomic E-state index is 5.85. The van der Waals surface area contributed by atoms with Crippen LogP contribution in [0.4, 0.5) is 0 Å². The normalized spacial score (nSPS) is 10.7. The van der Waals surface area contributed by atoms with Gasteiger partial charge in [0.1, 0.15) is 5.75 Å². The van der Waals surface area contributed by atoms with Crippen LogP contribution in [0, 0.1) is 0 Å². The fourth-order valence-electron chi connectivity index (χ4n) is 2.21. The van der Waals surface area contributed by atoms with Gasteiger partial charge in [0.25, 0.3) is 0 Å². The number of methoxy groups -OCH3 is 1. The third-order valence-corrected chi connectivity index (χ3v) is 3.36. The molecule has 0 saturated carbocycles. The van der Waals surface area contributed by atoms with Crippen LogP contribution in [0.15, 0.2) is 54.6 Å². The first kappa shape index (κ1) is 16.1. The van der Waals surface area contributed by atoms with E-state index in [9.17, 15) is 0 Å². The van der Waals surface area contributed by atoms with E-state index in [4.69, 9.17) is 9.47 Å². The quantitative estimate of drug-likeness (QED) is 0.640. The van der Waals surface area contributed by atoms with Crippen LogP contribution in [-0.2, 0) is 11.3 Å².